The van der Waals surface area contributed by atoms with Crippen LogP contribution in [0.3, 0.4) is 0 Å². The van der Waals surface area contributed by atoms with Crippen LogP contribution >= 0.6 is 0 Å². The van der Waals surface area contributed by atoms with Crippen molar-refractivity contribution in [3.63, 3.8) is 0 Å². The Morgan fingerprint density at radius 3 is 2.44 bits per heavy atom. The van der Waals surface area contributed by atoms with Gasteiger partial charge in [-0.2, -0.15) is 0 Å². The highest BCUT2D eigenvalue weighted by molar-refractivity contribution is 5.71. The van der Waals surface area contributed by atoms with E-state index in [0.717, 1.165) is 22.4 Å². The Morgan fingerprint density at radius 2 is 1.78 bits per heavy atom. The zero-order valence-corrected chi connectivity index (χ0v) is 10.2. The van der Waals surface area contributed by atoms with E-state index in [1.807, 2.05) is 54.6 Å². The van der Waals surface area contributed by atoms with E-state index in [1.54, 1.807) is 0 Å². The van der Waals surface area contributed by atoms with Crippen molar-refractivity contribution in [3.05, 3.63) is 60.7 Å². The van der Waals surface area contributed by atoms with E-state index in [-0.39, 0.29) is 6.61 Å². The van der Waals surface area contributed by atoms with Gasteiger partial charge in [0, 0.05) is 5.56 Å². The molecule has 92 valence electrons. The van der Waals surface area contributed by atoms with Crippen LogP contribution < -0.4 is 4.74 Å². The highest BCUT2D eigenvalue weighted by Crippen LogP contribution is 2.29. The Balaban J connectivity index is 2.33. The molecule has 0 aliphatic heterocycles. The number of aliphatic hydroxyl groups excluding tert-OH is 1. The van der Waals surface area contributed by atoms with Crippen molar-refractivity contribution < 1.29 is 9.84 Å². The molecule has 0 bridgehead atoms. The van der Waals surface area contributed by atoms with Crippen LogP contribution in [0, 0.1) is 0 Å². The Hall–Kier alpha value is -2.06. The Bertz CT molecular complexity index is 515. The van der Waals surface area contributed by atoms with E-state index in [9.17, 15) is 0 Å². The number of hydrogen-bond donors (Lipinski definition) is 1. The van der Waals surface area contributed by atoms with Crippen molar-refractivity contribution in [2.45, 2.75) is 0 Å². The first-order valence-corrected chi connectivity index (χ1v) is 5.90. The average molecular weight is 240 g/mol. The first-order chi connectivity index (χ1) is 8.85. The first-order valence-electron chi connectivity index (χ1n) is 5.90. The molecule has 2 aromatic rings. The smallest absolute Gasteiger partial charge is 0.127 e. The van der Waals surface area contributed by atoms with Crippen LogP contribution in [-0.4, -0.2) is 18.3 Å². The van der Waals surface area contributed by atoms with Crippen molar-refractivity contribution >= 4 is 6.08 Å². The summed E-state index contributed by atoms with van der Waals surface area (Å²) in [5.74, 6) is 0.790. The molecule has 2 nitrogen and oxygen atoms in total. The Kier molecular flexibility index (Phi) is 4.15. The predicted molar refractivity (Wildman–Crippen MR) is 74.5 cm³/mol. The minimum atomic E-state index is 0.0176. The number of ether oxygens (including phenoxy) is 1. The van der Waals surface area contributed by atoms with Crippen molar-refractivity contribution in [1.82, 2.24) is 0 Å². The SMILES string of the molecule is C=Cc1ccc(-c2ccccc2OCCO)cc1. The number of aliphatic hydroxyl groups is 1. The zero-order valence-electron chi connectivity index (χ0n) is 10.2. The molecule has 0 saturated heterocycles. The summed E-state index contributed by atoms with van der Waals surface area (Å²) < 4.78 is 5.53. The van der Waals surface area contributed by atoms with Crippen molar-refractivity contribution in [2.75, 3.05) is 13.2 Å². The third-order valence-corrected chi connectivity index (χ3v) is 2.69. The quantitative estimate of drug-likeness (QED) is 0.868. The third-order valence-electron chi connectivity index (χ3n) is 2.69. The van der Waals surface area contributed by atoms with Gasteiger partial charge in [-0.1, -0.05) is 55.1 Å². The lowest BCUT2D eigenvalue weighted by atomic mass is 10.0. The number of rotatable bonds is 5. The lowest BCUT2D eigenvalue weighted by Gasteiger charge is -2.10. The van der Waals surface area contributed by atoms with E-state index in [0.29, 0.717) is 6.61 Å². The topological polar surface area (TPSA) is 29.5 Å². The minimum absolute atomic E-state index is 0.0176. The van der Waals surface area contributed by atoms with E-state index < -0.39 is 0 Å². The summed E-state index contributed by atoms with van der Waals surface area (Å²) in [7, 11) is 0. The van der Waals surface area contributed by atoms with Crippen LogP contribution in [0.2, 0.25) is 0 Å². The van der Waals surface area contributed by atoms with Crippen LogP contribution in [0.4, 0.5) is 0 Å². The molecule has 0 atom stereocenters. The van der Waals surface area contributed by atoms with Gasteiger partial charge >= 0.3 is 0 Å². The van der Waals surface area contributed by atoms with Gasteiger partial charge in [0.1, 0.15) is 12.4 Å². The van der Waals surface area contributed by atoms with Crippen LogP contribution in [-0.2, 0) is 0 Å². The van der Waals surface area contributed by atoms with Gasteiger partial charge in [-0.05, 0) is 17.2 Å². The fraction of sp³-hybridized carbons (Fsp3) is 0.125. The van der Waals surface area contributed by atoms with E-state index >= 15 is 0 Å². The van der Waals surface area contributed by atoms with Crippen LogP contribution in [0.1, 0.15) is 5.56 Å². The summed E-state index contributed by atoms with van der Waals surface area (Å²) >= 11 is 0. The molecule has 2 aromatic carbocycles. The second kappa shape index (κ2) is 6.03. The molecular formula is C16H16O2. The molecule has 0 aromatic heterocycles. The van der Waals surface area contributed by atoms with Gasteiger partial charge in [-0.25, -0.2) is 0 Å². The number of benzene rings is 2. The van der Waals surface area contributed by atoms with Gasteiger partial charge in [0.2, 0.25) is 0 Å². The maximum Gasteiger partial charge on any atom is 0.127 e. The zero-order chi connectivity index (χ0) is 12.8. The van der Waals surface area contributed by atoms with Crippen molar-refractivity contribution in [2.24, 2.45) is 0 Å². The van der Waals surface area contributed by atoms with Crippen molar-refractivity contribution in [1.29, 1.82) is 0 Å². The molecule has 2 heteroatoms. The Morgan fingerprint density at radius 1 is 1.06 bits per heavy atom. The first kappa shape index (κ1) is 12.4. The van der Waals surface area contributed by atoms with Crippen LogP contribution in [0.5, 0.6) is 5.75 Å². The largest absolute Gasteiger partial charge is 0.491 e. The second-order valence-electron chi connectivity index (χ2n) is 3.89. The van der Waals surface area contributed by atoms with Gasteiger partial charge in [-0.3, -0.25) is 0 Å². The molecular weight excluding hydrogens is 224 g/mol. The van der Waals surface area contributed by atoms with Gasteiger partial charge in [0.05, 0.1) is 6.61 Å². The van der Waals surface area contributed by atoms with E-state index in [2.05, 4.69) is 6.58 Å². The highest BCUT2D eigenvalue weighted by Gasteiger charge is 2.05. The maximum absolute atomic E-state index is 8.82. The molecule has 0 unspecified atom stereocenters. The molecule has 18 heavy (non-hydrogen) atoms. The fourth-order valence-corrected chi connectivity index (χ4v) is 1.79. The summed E-state index contributed by atoms with van der Waals surface area (Å²) in [6, 6.07) is 15.9. The van der Waals surface area contributed by atoms with Gasteiger partial charge < -0.3 is 9.84 Å². The van der Waals surface area contributed by atoms with Crippen molar-refractivity contribution in [3.8, 4) is 16.9 Å². The molecule has 1 N–H and O–H groups in total. The summed E-state index contributed by atoms with van der Waals surface area (Å²) in [6.45, 7) is 4.06. The molecule has 0 aliphatic rings. The number of para-hydroxylation sites is 1. The lowest BCUT2D eigenvalue weighted by molar-refractivity contribution is 0.202. The molecule has 0 aliphatic carbocycles. The summed E-state index contributed by atoms with van der Waals surface area (Å²) in [5.41, 5.74) is 3.21. The molecule has 0 spiro atoms. The van der Waals surface area contributed by atoms with Gasteiger partial charge in [0.15, 0.2) is 0 Å². The molecule has 0 radical (unpaired) electrons. The fourth-order valence-electron chi connectivity index (χ4n) is 1.79. The van der Waals surface area contributed by atoms with Crippen LogP contribution in [0.25, 0.3) is 17.2 Å². The average Bonchev–Trinajstić information content (AvgIpc) is 2.45. The van der Waals surface area contributed by atoms with E-state index in [4.69, 9.17) is 9.84 Å². The molecule has 0 heterocycles. The number of hydrogen-bond acceptors (Lipinski definition) is 2. The normalized spacial score (nSPS) is 10.1. The molecule has 2 rings (SSSR count). The Labute approximate surface area is 107 Å². The molecule has 0 saturated carbocycles. The minimum Gasteiger partial charge on any atom is -0.491 e. The third kappa shape index (κ3) is 2.79. The predicted octanol–water partition coefficient (Wildman–Crippen LogP) is 3.37. The summed E-state index contributed by atoms with van der Waals surface area (Å²) in [4.78, 5) is 0. The maximum atomic E-state index is 8.82. The van der Waals surface area contributed by atoms with Gasteiger partial charge in [-0.15, -0.1) is 0 Å². The summed E-state index contributed by atoms with van der Waals surface area (Å²) in [5, 5.41) is 8.82. The van der Waals surface area contributed by atoms with E-state index in [1.165, 1.54) is 0 Å². The molecule has 0 fully saturated rings. The second-order valence-corrected chi connectivity index (χ2v) is 3.89. The van der Waals surface area contributed by atoms with Gasteiger partial charge in [0.25, 0.3) is 0 Å². The lowest BCUT2D eigenvalue weighted by Crippen LogP contribution is -2.02. The standard InChI is InChI=1S/C16H16O2/c1-2-13-7-9-14(10-8-13)15-5-3-4-6-16(15)18-12-11-17/h2-10,17H,1,11-12H2. The highest BCUT2D eigenvalue weighted by atomic mass is 16.5. The van der Waals surface area contributed by atoms with Crippen LogP contribution in [0.15, 0.2) is 55.1 Å². The summed E-state index contributed by atoms with van der Waals surface area (Å²) in [6.07, 6.45) is 1.82. The molecule has 0 amide bonds. The monoisotopic (exact) mass is 240 g/mol.